The van der Waals surface area contributed by atoms with E-state index in [1.165, 1.54) is 16.4 Å². The van der Waals surface area contributed by atoms with Gasteiger partial charge in [-0.2, -0.15) is 0 Å². The van der Waals surface area contributed by atoms with Crippen molar-refractivity contribution in [1.82, 2.24) is 25.2 Å². The van der Waals surface area contributed by atoms with Crippen LogP contribution in [-0.4, -0.2) is 36.9 Å². The fraction of sp³-hybridized carbons (Fsp3) is 0.267. The summed E-state index contributed by atoms with van der Waals surface area (Å²) in [4.78, 5) is 16.3. The molecule has 0 radical (unpaired) electrons. The summed E-state index contributed by atoms with van der Waals surface area (Å²) in [5.41, 5.74) is 1.78. The van der Waals surface area contributed by atoms with Crippen LogP contribution in [0.4, 0.5) is 0 Å². The molecule has 0 aliphatic carbocycles. The molecule has 0 spiro atoms. The number of thioether (sulfide) groups is 1. The number of fused-ring (bicyclic) bond motifs is 1. The molecule has 1 atom stereocenters. The number of nitrogens with zero attached hydrogens (tertiary/aromatic N) is 5. The van der Waals surface area contributed by atoms with Crippen LogP contribution in [0.5, 0.6) is 0 Å². The van der Waals surface area contributed by atoms with E-state index >= 15 is 0 Å². The van der Waals surface area contributed by atoms with Gasteiger partial charge in [-0.15, -0.1) is 5.10 Å². The van der Waals surface area contributed by atoms with Crippen molar-refractivity contribution in [2.45, 2.75) is 18.2 Å². The van der Waals surface area contributed by atoms with Gasteiger partial charge in [0.1, 0.15) is 6.10 Å². The molecule has 0 fully saturated rings. The summed E-state index contributed by atoms with van der Waals surface area (Å²) in [6.07, 6.45) is 1.37. The molecule has 0 aliphatic rings. The maximum absolute atomic E-state index is 12.0. The van der Waals surface area contributed by atoms with Crippen molar-refractivity contribution in [2.24, 2.45) is 7.05 Å². The SMILES string of the molecule is C[C@@H](OC(=O)CSc1nnnn1C)c1cnc2ccccc2c1. The number of hydrogen-bond acceptors (Lipinski definition) is 7. The Balaban J connectivity index is 1.62. The first-order chi connectivity index (χ1) is 11.1. The molecule has 0 N–H and O–H groups in total. The fourth-order valence-corrected chi connectivity index (χ4v) is 2.71. The molecule has 1 aromatic carbocycles. The highest BCUT2D eigenvalue weighted by Crippen LogP contribution is 2.22. The average Bonchev–Trinajstić information content (AvgIpc) is 2.97. The van der Waals surface area contributed by atoms with Crippen molar-refractivity contribution in [3.63, 3.8) is 0 Å². The molecule has 2 heterocycles. The predicted molar refractivity (Wildman–Crippen MR) is 85.8 cm³/mol. The van der Waals surface area contributed by atoms with Crippen LogP contribution >= 0.6 is 11.8 Å². The van der Waals surface area contributed by atoms with Crippen molar-refractivity contribution in [3.05, 3.63) is 42.1 Å². The number of carbonyl (C=O) groups is 1. The van der Waals surface area contributed by atoms with Crippen LogP contribution in [0, 0.1) is 0 Å². The second-order valence-corrected chi connectivity index (χ2v) is 5.91. The number of aromatic nitrogens is 5. The maximum atomic E-state index is 12.0. The number of esters is 1. The zero-order valence-electron chi connectivity index (χ0n) is 12.7. The Bertz CT molecular complexity index is 835. The first kappa shape index (κ1) is 15.4. The van der Waals surface area contributed by atoms with Gasteiger partial charge in [0.15, 0.2) is 0 Å². The molecule has 23 heavy (non-hydrogen) atoms. The predicted octanol–water partition coefficient (Wildman–Crippen LogP) is 2.15. The van der Waals surface area contributed by atoms with E-state index in [0.29, 0.717) is 5.16 Å². The van der Waals surface area contributed by atoms with Gasteiger partial charge in [0.25, 0.3) is 0 Å². The minimum absolute atomic E-state index is 0.152. The van der Waals surface area contributed by atoms with E-state index in [-0.39, 0.29) is 17.8 Å². The van der Waals surface area contributed by atoms with Gasteiger partial charge >= 0.3 is 5.97 Å². The smallest absolute Gasteiger partial charge is 0.316 e. The highest BCUT2D eigenvalue weighted by molar-refractivity contribution is 7.99. The molecule has 0 saturated heterocycles. The summed E-state index contributed by atoms with van der Waals surface area (Å²) in [6, 6.07) is 9.81. The van der Waals surface area contributed by atoms with Gasteiger partial charge in [-0.05, 0) is 29.5 Å². The van der Waals surface area contributed by atoms with Gasteiger partial charge in [-0.25, -0.2) is 4.68 Å². The molecule has 0 amide bonds. The number of benzene rings is 1. The van der Waals surface area contributed by atoms with Crippen LogP contribution in [0.2, 0.25) is 0 Å². The minimum atomic E-state index is -0.363. The first-order valence-electron chi connectivity index (χ1n) is 7.03. The number of rotatable bonds is 5. The maximum Gasteiger partial charge on any atom is 0.316 e. The molecule has 7 nitrogen and oxygen atoms in total. The number of pyridine rings is 1. The Kier molecular flexibility index (Phi) is 4.52. The number of carbonyl (C=O) groups excluding carboxylic acids is 1. The number of tetrazole rings is 1. The van der Waals surface area contributed by atoms with Crippen molar-refractivity contribution in [2.75, 3.05) is 5.75 Å². The number of hydrogen-bond donors (Lipinski definition) is 0. The molecule has 0 unspecified atom stereocenters. The van der Waals surface area contributed by atoms with E-state index in [0.717, 1.165) is 16.5 Å². The summed E-state index contributed by atoms with van der Waals surface area (Å²) in [6.45, 7) is 1.83. The zero-order chi connectivity index (χ0) is 16.2. The minimum Gasteiger partial charge on any atom is -0.457 e. The Morgan fingerprint density at radius 3 is 3.00 bits per heavy atom. The third-order valence-electron chi connectivity index (χ3n) is 3.29. The monoisotopic (exact) mass is 329 g/mol. The van der Waals surface area contributed by atoms with Gasteiger partial charge < -0.3 is 4.74 Å². The van der Waals surface area contributed by atoms with Crippen LogP contribution in [0.15, 0.2) is 41.7 Å². The van der Waals surface area contributed by atoms with E-state index in [2.05, 4.69) is 20.5 Å². The van der Waals surface area contributed by atoms with Crippen LogP contribution in [0.3, 0.4) is 0 Å². The molecule has 118 valence electrons. The molecule has 0 saturated carbocycles. The van der Waals surface area contributed by atoms with Gasteiger partial charge in [0.05, 0.1) is 11.3 Å². The second kappa shape index (κ2) is 6.74. The lowest BCUT2D eigenvalue weighted by molar-refractivity contribution is -0.145. The lowest BCUT2D eigenvalue weighted by atomic mass is 10.1. The Labute approximate surface area is 137 Å². The molecular weight excluding hydrogens is 314 g/mol. The van der Waals surface area contributed by atoms with Gasteiger partial charge in [-0.1, -0.05) is 30.0 Å². The summed E-state index contributed by atoms with van der Waals surface area (Å²) in [7, 11) is 1.72. The third kappa shape index (κ3) is 3.65. The summed E-state index contributed by atoms with van der Waals surface area (Å²) >= 11 is 1.24. The number of para-hydroxylation sites is 1. The largest absolute Gasteiger partial charge is 0.457 e. The Morgan fingerprint density at radius 2 is 2.22 bits per heavy atom. The van der Waals surface area contributed by atoms with Gasteiger partial charge in [-0.3, -0.25) is 9.78 Å². The number of aryl methyl sites for hydroxylation is 1. The van der Waals surface area contributed by atoms with Gasteiger partial charge in [0.2, 0.25) is 5.16 Å². The molecule has 3 rings (SSSR count). The van der Waals surface area contributed by atoms with Crippen LogP contribution in [-0.2, 0) is 16.6 Å². The van der Waals surface area contributed by atoms with Gasteiger partial charge in [0, 0.05) is 24.2 Å². The first-order valence-corrected chi connectivity index (χ1v) is 8.01. The summed E-state index contributed by atoms with van der Waals surface area (Å²) in [5, 5.41) is 12.6. The topological polar surface area (TPSA) is 82.8 Å². The van der Waals surface area contributed by atoms with E-state index in [1.54, 1.807) is 13.2 Å². The van der Waals surface area contributed by atoms with Crippen molar-refractivity contribution < 1.29 is 9.53 Å². The van der Waals surface area contributed by atoms with Crippen LogP contribution in [0.25, 0.3) is 10.9 Å². The normalized spacial score (nSPS) is 12.3. The van der Waals surface area contributed by atoms with E-state index in [9.17, 15) is 4.79 Å². The zero-order valence-corrected chi connectivity index (χ0v) is 13.5. The van der Waals surface area contributed by atoms with E-state index in [4.69, 9.17) is 4.74 Å². The molecule has 0 aliphatic heterocycles. The third-order valence-corrected chi connectivity index (χ3v) is 4.27. The Hall–Kier alpha value is -2.48. The van der Waals surface area contributed by atoms with E-state index in [1.807, 2.05) is 37.3 Å². The van der Waals surface area contributed by atoms with Crippen LogP contribution in [0.1, 0.15) is 18.6 Å². The molecule has 2 aromatic heterocycles. The van der Waals surface area contributed by atoms with Crippen molar-refractivity contribution >= 4 is 28.6 Å². The Morgan fingerprint density at radius 1 is 1.39 bits per heavy atom. The average molecular weight is 329 g/mol. The number of ether oxygens (including phenoxy) is 1. The molecule has 8 heteroatoms. The summed E-state index contributed by atoms with van der Waals surface area (Å²) < 4.78 is 6.95. The van der Waals surface area contributed by atoms with Crippen molar-refractivity contribution in [1.29, 1.82) is 0 Å². The summed E-state index contributed by atoms with van der Waals surface area (Å²) in [5.74, 6) is -0.168. The van der Waals surface area contributed by atoms with Crippen molar-refractivity contribution in [3.8, 4) is 0 Å². The highest BCUT2D eigenvalue weighted by Gasteiger charge is 2.14. The fourth-order valence-electron chi connectivity index (χ4n) is 2.08. The van der Waals surface area contributed by atoms with Crippen LogP contribution < -0.4 is 0 Å². The standard InChI is InChI=1S/C15H15N5O2S/c1-10(12-7-11-5-3-4-6-13(11)16-8-12)22-14(21)9-23-15-17-18-19-20(15)2/h3-8,10H,9H2,1-2H3/t10-/m1/s1. The molecule has 3 aromatic rings. The molecule has 0 bridgehead atoms. The molecular formula is C15H15N5O2S. The second-order valence-electron chi connectivity index (χ2n) is 4.97. The lowest BCUT2D eigenvalue weighted by Crippen LogP contribution is -2.11. The quantitative estimate of drug-likeness (QED) is 0.524. The lowest BCUT2D eigenvalue weighted by Gasteiger charge is -2.13. The van der Waals surface area contributed by atoms with E-state index < -0.39 is 0 Å². The highest BCUT2D eigenvalue weighted by atomic mass is 32.2.